The molecule has 0 spiro atoms. The Kier molecular flexibility index (Phi) is 6.88. The Hall–Kier alpha value is -6.08. The molecule has 0 fully saturated rings. The van der Waals surface area contributed by atoms with E-state index in [1.807, 2.05) is 121 Å². The number of nitrogens with one attached hydrogen (secondary N) is 2. The van der Waals surface area contributed by atoms with Crippen LogP contribution >= 0.6 is 0 Å². The molecule has 214 valence electrons. The molecule has 3 N–H and O–H groups in total. The van der Waals surface area contributed by atoms with E-state index in [-0.39, 0.29) is 16.9 Å². The fourth-order valence-electron chi connectivity index (χ4n) is 5.75. The van der Waals surface area contributed by atoms with Gasteiger partial charge in [0.05, 0.1) is 33.9 Å². The summed E-state index contributed by atoms with van der Waals surface area (Å²) in [5.74, 6) is -0.714. The third kappa shape index (κ3) is 4.76. The zero-order chi connectivity index (χ0) is 30.0. The van der Waals surface area contributed by atoms with Gasteiger partial charge in [-0.25, -0.2) is 9.36 Å². The summed E-state index contributed by atoms with van der Waals surface area (Å²) >= 11 is 0. The van der Waals surface area contributed by atoms with Crippen LogP contribution in [0.25, 0.3) is 33.9 Å². The topological polar surface area (TPSA) is 95.8 Å². The first-order chi connectivity index (χ1) is 21.6. The molecule has 0 aliphatic heterocycles. The highest BCUT2D eigenvalue weighted by molar-refractivity contribution is 5.71. The Balaban J connectivity index is 1.60. The molecular formula is C37H28N4O3. The third-order valence-electron chi connectivity index (χ3n) is 7.81. The number of hydrogen-bond acceptors (Lipinski definition) is 3. The molecule has 44 heavy (non-hydrogen) atoms. The SMILES string of the molecule is O=c1c(C(c2ccc(O)cc2)c2c(-c3ccccc3)[nH]n(-c3ccccc3)c2=O)c(-c2ccccc2)[nH]n1-c1ccccc1. The zero-order valence-corrected chi connectivity index (χ0v) is 23.6. The van der Waals surface area contributed by atoms with Crippen LogP contribution in [-0.4, -0.2) is 24.7 Å². The van der Waals surface area contributed by atoms with Gasteiger partial charge in [0.1, 0.15) is 5.75 Å². The van der Waals surface area contributed by atoms with Gasteiger partial charge < -0.3 is 5.11 Å². The maximum Gasteiger partial charge on any atom is 0.276 e. The standard InChI is InChI=1S/C37H28N4O3/c42-30-23-21-25(22-24-30)31(32-34(26-13-5-1-6-14-26)38-40(36(32)43)28-17-9-3-10-18-28)33-35(27-15-7-2-8-16-27)39-41(37(33)44)29-19-11-4-12-20-29/h1-24,31,38-39,42H. The van der Waals surface area contributed by atoms with Crippen LogP contribution in [0.15, 0.2) is 155 Å². The van der Waals surface area contributed by atoms with E-state index in [1.165, 1.54) is 9.36 Å². The van der Waals surface area contributed by atoms with Crippen LogP contribution in [0.2, 0.25) is 0 Å². The predicted octanol–water partition coefficient (Wildman–Crippen LogP) is 6.86. The maximum atomic E-state index is 14.6. The molecule has 7 nitrogen and oxygen atoms in total. The normalized spacial score (nSPS) is 11.2. The lowest BCUT2D eigenvalue weighted by Crippen LogP contribution is -2.25. The fraction of sp³-hybridized carbons (Fsp3) is 0.0270. The Morgan fingerprint density at radius 2 is 0.841 bits per heavy atom. The Labute approximate surface area is 252 Å². The predicted molar refractivity (Wildman–Crippen MR) is 173 cm³/mol. The number of nitrogens with zero attached hydrogens (tertiary/aromatic N) is 2. The van der Waals surface area contributed by atoms with E-state index in [2.05, 4.69) is 10.2 Å². The van der Waals surface area contributed by atoms with Crippen molar-refractivity contribution in [3.8, 4) is 39.6 Å². The van der Waals surface area contributed by atoms with Gasteiger partial charge in [0.25, 0.3) is 11.1 Å². The summed E-state index contributed by atoms with van der Waals surface area (Å²) < 4.78 is 3.05. The lowest BCUT2D eigenvalue weighted by Gasteiger charge is -2.18. The Morgan fingerprint density at radius 3 is 1.23 bits per heavy atom. The van der Waals surface area contributed by atoms with Gasteiger partial charge in [-0.15, -0.1) is 0 Å². The van der Waals surface area contributed by atoms with Crippen molar-refractivity contribution in [1.29, 1.82) is 0 Å². The molecule has 0 aliphatic rings. The Bertz CT molecular complexity index is 2010. The van der Waals surface area contributed by atoms with E-state index in [0.29, 0.717) is 39.5 Å². The number of phenolic OH excluding ortho intramolecular Hbond substituents is 1. The highest BCUT2D eigenvalue weighted by Crippen LogP contribution is 2.39. The minimum atomic E-state index is -0.802. The van der Waals surface area contributed by atoms with Crippen molar-refractivity contribution in [2.24, 2.45) is 0 Å². The van der Waals surface area contributed by atoms with Crippen LogP contribution in [0, 0.1) is 0 Å². The van der Waals surface area contributed by atoms with E-state index in [1.54, 1.807) is 24.3 Å². The first kappa shape index (κ1) is 26.8. The molecule has 0 aliphatic carbocycles. The molecule has 0 unspecified atom stereocenters. The van der Waals surface area contributed by atoms with Gasteiger partial charge in [-0.1, -0.05) is 109 Å². The summed E-state index contributed by atoms with van der Waals surface area (Å²) in [7, 11) is 0. The van der Waals surface area contributed by atoms with Crippen molar-refractivity contribution in [2.45, 2.75) is 5.92 Å². The minimum absolute atomic E-state index is 0.0885. The second kappa shape index (κ2) is 11.3. The monoisotopic (exact) mass is 576 g/mol. The van der Waals surface area contributed by atoms with E-state index in [0.717, 1.165) is 11.1 Å². The van der Waals surface area contributed by atoms with Crippen molar-refractivity contribution in [2.75, 3.05) is 0 Å². The van der Waals surface area contributed by atoms with E-state index >= 15 is 0 Å². The first-order valence-corrected chi connectivity index (χ1v) is 14.3. The number of rotatable bonds is 7. The number of aromatic amines is 2. The van der Waals surface area contributed by atoms with Crippen molar-refractivity contribution in [1.82, 2.24) is 19.6 Å². The molecule has 2 aromatic heterocycles. The van der Waals surface area contributed by atoms with Gasteiger partial charge in [0.2, 0.25) is 0 Å². The molecule has 0 radical (unpaired) electrons. The molecule has 0 amide bonds. The summed E-state index contributed by atoms with van der Waals surface area (Å²) in [6.07, 6.45) is 0. The van der Waals surface area contributed by atoms with Crippen molar-refractivity contribution < 1.29 is 5.11 Å². The lowest BCUT2D eigenvalue weighted by atomic mass is 9.83. The fourth-order valence-corrected chi connectivity index (χ4v) is 5.75. The molecule has 7 rings (SSSR count). The summed E-state index contributed by atoms with van der Waals surface area (Å²) in [5, 5.41) is 16.9. The molecule has 7 heteroatoms. The summed E-state index contributed by atoms with van der Waals surface area (Å²) in [6, 6.07) is 44.7. The first-order valence-electron chi connectivity index (χ1n) is 14.3. The minimum Gasteiger partial charge on any atom is -0.508 e. The van der Waals surface area contributed by atoms with E-state index < -0.39 is 5.92 Å². The molecular weight excluding hydrogens is 548 g/mol. The summed E-state index contributed by atoms with van der Waals surface area (Å²) in [6.45, 7) is 0. The van der Waals surface area contributed by atoms with Gasteiger partial charge in [0.15, 0.2) is 0 Å². The van der Waals surface area contributed by atoms with Gasteiger partial charge in [-0.3, -0.25) is 19.8 Å². The van der Waals surface area contributed by atoms with Crippen molar-refractivity contribution >= 4 is 0 Å². The van der Waals surface area contributed by atoms with Crippen LogP contribution in [0.4, 0.5) is 0 Å². The molecule has 0 saturated heterocycles. The second-order valence-corrected chi connectivity index (χ2v) is 10.5. The molecule has 7 aromatic rings. The average Bonchev–Trinajstić information content (AvgIpc) is 3.61. The third-order valence-corrected chi connectivity index (χ3v) is 7.81. The van der Waals surface area contributed by atoms with E-state index in [4.69, 9.17) is 0 Å². The largest absolute Gasteiger partial charge is 0.508 e. The van der Waals surface area contributed by atoms with Crippen molar-refractivity contribution in [3.05, 3.63) is 183 Å². The van der Waals surface area contributed by atoms with Gasteiger partial charge in [0, 0.05) is 5.92 Å². The zero-order valence-electron chi connectivity index (χ0n) is 23.6. The molecule has 5 aromatic carbocycles. The number of aromatic nitrogens is 4. The number of para-hydroxylation sites is 2. The number of aromatic hydroxyl groups is 1. The van der Waals surface area contributed by atoms with E-state index in [9.17, 15) is 14.7 Å². The van der Waals surface area contributed by atoms with Crippen LogP contribution in [0.5, 0.6) is 5.75 Å². The van der Waals surface area contributed by atoms with Crippen LogP contribution in [0.1, 0.15) is 22.6 Å². The van der Waals surface area contributed by atoms with Gasteiger partial charge >= 0.3 is 0 Å². The molecule has 0 saturated carbocycles. The quantitative estimate of drug-likeness (QED) is 0.193. The number of phenols is 1. The van der Waals surface area contributed by atoms with Gasteiger partial charge in [-0.05, 0) is 53.1 Å². The summed E-state index contributed by atoms with van der Waals surface area (Å²) in [4.78, 5) is 29.2. The Morgan fingerprint density at radius 1 is 0.477 bits per heavy atom. The second-order valence-electron chi connectivity index (χ2n) is 10.5. The van der Waals surface area contributed by atoms with Crippen LogP contribution in [-0.2, 0) is 0 Å². The summed E-state index contributed by atoms with van der Waals surface area (Å²) in [5.41, 5.74) is 5.11. The maximum absolute atomic E-state index is 14.6. The lowest BCUT2D eigenvalue weighted by molar-refractivity contribution is 0.475. The number of benzene rings is 5. The molecule has 2 heterocycles. The van der Waals surface area contributed by atoms with Gasteiger partial charge in [-0.2, -0.15) is 0 Å². The highest BCUT2D eigenvalue weighted by atomic mass is 16.3. The molecule has 0 atom stereocenters. The number of H-pyrrole nitrogens is 2. The molecule has 0 bridgehead atoms. The van der Waals surface area contributed by atoms with Crippen LogP contribution < -0.4 is 11.1 Å². The highest BCUT2D eigenvalue weighted by Gasteiger charge is 2.33. The number of hydrogen-bond donors (Lipinski definition) is 3. The van der Waals surface area contributed by atoms with Crippen LogP contribution in [0.3, 0.4) is 0 Å². The van der Waals surface area contributed by atoms with Crippen molar-refractivity contribution in [3.63, 3.8) is 0 Å². The average molecular weight is 577 g/mol. The smallest absolute Gasteiger partial charge is 0.276 e.